The number of benzene rings is 3. The van der Waals surface area contributed by atoms with Gasteiger partial charge in [-0.3, -0.25) is 0 Å². The monoisotopic (exact) mass is 527 g/mol. The number of nitrogens with zero attached hydrogens (tertiary/aromatic N) is 3. The Hall–Kier alpha value is -3.99. The maximum absolute atomic E-state index is 13.7. The van der Waals surface area contributed by atoms with Crippen molar-refractivity contribution in [3.63, 3.8) is 0 Å². The quantitative estimate of drug-likeness (QED) is 0.255. The molecule has 2 heterocycles. The lowest BCUT2D eigenvalue weighted by molar-refractivity contribution is -0.742. The lowest BCUT2D eigenvalue weighted by Gasteiger charge is -2.29. The molecule has 0 saturated carbocycles. The highest BCUT2D eigenvalue weighted by Gasteiger charge is 2.45. The zero-order valence-electron chi connectivity index (χ0n) is 19.4. The van der Waals surface area contributed by atoms with Crippen LogP contribution in [0.15, 0.2) is 91.5 Å². The van der Waals surface area contributed by atoms with E-state index in [0.29, 0.717) is 25.3 Å². The first-order chi connectivity index (χ1) is 17.8. The number of imidazole rings is 1. The van der Waals surface area contributed by atoms with Crippen molar-refractivity contribution in [3.8, 4) is 16.9 Å². The molecule has 1 aliphatic heterocycles. The van der Waals surface area contributed by atoms with E-state index in [4.69, 9.17) is 41.1 Å². The molecule has 1 N–H and O–H groups in total. The fourth-order valence-electron chi connectivity index (χ4n) is 3.94. The molecular formula is C26H23ClFN3O6. The van der Waals surface area contributed by atoms with Crippen molar-refractivity contribution in [2.75, 3.05) is 13.2 Å². The summed E-state index contributed by atoms with van der Waals surface area (Å²) in [6.07, 6.45) is 4.83. The fraction of sp³-hybridized carbons (Fsp3) is 0.192. The first-order valence-electron chi connectivity index (χ1n) is 11.2. The van der Waals surface area contributed by atoms with Crippen LogP contribution in [0.1, 0.15) is 5.56 Å². The van der Waals surface area contributed by atoms with Crippen LogP contribution in [0.3, 0.4) is 0 Å². The van der Waals surface area contributed by atoms with Gasteiger partial charge in [0, 0.05) is 18.0 Å². The van der Waals surface area contributed by atoms with Gasteiger partial charge in [-0.2, -0.15) is 0 Å². The molecule has 0 amide bonds. The summed E-state index contributed by atoms with van der Waals surface area (Å²) in [5.41, 5.74) is 2.83. The van der Waals surface area contributed by atoms with E-state index in [1.807, 2.05) is 53.2 Å². The highest BCUT2D eigenvalue weighted by atomic mass is 35.5. The molecule has 0 radical (unpaired) electrons. The van der Waals surface area contributed by atoms with Crippen LogP contribution in [0.5, 0.6) is 5.75 Å². The van der Waals surface area contributed by atoms with E-state index in [1.54, 1.807) is 18.6 Å². The molecule has 0 spiro atoms. The van der Waals surface area contributed by atoms with Crippen molar-refractivity contribution in [2.24, 2.45) is 0 Å². The standard InChI is InChI=1S/C26H22ClFN2O3.HNO3/c27-25-14-21(28)8-11-24(25)26(17-30-13-12-29-18-30)32-16-23(33-26)15-31-22-9-6-20(7-10-22)19-4-2-1-3-5-19;2-1(3)4/h1-14,18,23H,15-17H2;(H,2,3,4)/t23-,26+;/m0./s1. The Morgan fingerprint density at radius 1 is 1.16 bits per heavy atom. The van der Waals surface area contributed by atoms with Crippen LogP contribution in [-0.2, 0) is 21.8 Å². The zero-order valence-corrected chi connectivity index (χ0v) is 20.2. The van der Waals surface area contributed by atoms with Gasteiger partial charge < -0.3 is 24.0 Å². The van der Waals surface area contributed by atoms with E-state index in [1.165, 1.54) is 12.1 Å². The van der Waals surface area contributed by atoms with Gasteiger partial charge in [-0.15, -0.1) is 10.1 Å². The molecule has 37 heavy (non-hydrogen) atoms. The Morgan fingerprint density at radius 2 is 1.86 bits per heavy atom. The number of hydrogen-bond donors (Lipinski definition) is 1. The molecule has 0 unspecified atom stereocenters. The molecule has 11 heteroatoms. The average Bonchev–Trinajstić information content (AvgIpc) is 3.54. The van der Waals surface area contributed by atoms with Gasteiger partial charge in [0.2, 0.25) is 5.79 Å². The largest absolute Gasteiger partial charge is 0.491 e. The highest BCUT2D eigenvalue weighted by molar-refractivity contribution is 6.31. The second-order valence-corrected chi connectivity index (χ2v) is 8.51. The molecule has 1 fully saturated rings. The van der Waals surface area contributed by atoms with Gasteiger partial charge in [-0.05, 0) is 41.5 Å². The van der Waals surface area contributed by atoms with Gasteiger partial charge in [0.15, 0.2) is 0 Å². The van der Waals surface area contributed by atoms with Crippen LogP contribution in [0.4, 0.5) is 4.39 Å². The number of halogens is 2. The predicted molar refractivity (Wildman–Crippen MR) is 132 cm³/mol. The summed E-state index contributed by atoms with van der Waals surface area (Å²) in [4.78, 5) is 12.4. The number of hydrogen-bond acceptors (Lipinski definition) is 6. The third-order valence-electron chi connectivity index (χ3n) is 5.55. The molecule has 2 atom stereocenters. The minimum absolute atomic E-state index is 0.244. The molecule has 0 aliphatic carbocycles. The van der Waals surface area contributed by atoms with Gasteiger partial charge >= 0.3 is 0 Å². The molecule has 1 saturated heterocycles. The third-order valence-corrected chi connectivity index (χ3v) is 5.86. The molecule has 1 aromatic heterocycles. The van der Waals surface area contributed by atoms with Crippen molar-refractivity contribution in [1.29, 1.82) is 0 Å². The van der Waals surface area contributed by atoms with Crippen molar-refractivity contribution in [1.82, 2.24) is 9.55 Å². The lowest BCUT2D eigenvalue weighted by Crippen LogP contribution is -2.34. The van der Waals surface area contributed by atoms with Gasteiger partial charge in [0.25, 0.3) is 5.09 Å². The van der Waals surface area contributed by atoms with Gasteiger partial charge in [-0.25, -0.2) is 9.37 Å². The Bertz CT molecular complexity index is 1300. The normalized spacial score (nSPS) is 18.6. The summed E-state index contributed by atoms with van der Waals surface area (Å²) in [6.45, 7) is 0.931. The van der Waals surface area contributed by atoms with E-state index in [-0.39, 0.29) is 11.1 Å². The first-order valence-corrected chi connectivity index (χ1v) is 11.6. The molecule has 4 aromatic rings. The third kappa shape index (κ3) is 6.82. The average molecular weight is 528 g/mol. The summed E-state index contributed by atoms with van der Waals surface area (Å²) < 4.78 is 34.0. The van der Waals surface area contributed by atoms with E-state index in [9.17, 15) is 4.39 Å². The Balaban J connectivity index is 0.000000747. The lowest BCUT2D eigenvalue weighted by atomic mass is 10.1. The Morgan fingerprint density at radius 3 is 2.51 bits per heavy atom. The topological polar surface area (TPSA) is 109 Å². The summed E-state index contributed by atoms with van der Waals surface area (Å²) >= 11 is 6.37. The molecule has 0 bridgehead atoms. The number of ether oxygens (including phenoxy) is 3. The fourth-order valence-corrected chi connectivity index (χ4v) is 4.25. The molecule has 5 rings (SSSR count). The molecule has 9 nitrogen and oxygen atoms in total. The Kier molecular flexibility index (Phi) is 8.34. The van der Waals surface area contributed by atoms with Crippen LogP contribution < -0.4 is 4.74 Å². The second-order valence-electron chi connectivity index (χ2n) is 8.10. The summed E-state index contributed by atoms with van der Waals surface area (Å²) in [6, 6.07) is 22.3. The van der Waals surface area contributed by atoms with Crippen molar-refractivity contribution >= 4 is 11.6 Å². The van der Waals surface area contributed by atoms with Crippen LogP contribution in [0, 0.1) is 15.9 Å². The number of rotatable bonds is 7. The molecule has 3 aromatic carbocycles. The zero-order chi connectivity index (χ0) is 26.3. The highest BCUT2D eigenvalue weighted by Crippen LogP contribution is 2.40. The van der Waals surface area contributed by atoms with Gasteiger partial charge in [-0.1, -0.05) is 54.1 Å². The van der Waals surface area contributed by atoms with Crippen molar-refractivity contribution in [2.45, 2.75) is 18.4 Å². The molecule has 192 valence electrons. The van der Waals surface area contributed by atoms with Gasteiger partial charge in [0.05, 0.1) is 24.5 Å². The first kappa shape index (κ1) is 26.1. The summed E-state index contributed by atoms with van der Waals surface area (Å²) in [5.74, 6) is -0.847. The second kappa shape index (κ2) is 11.8. The molecule has 1 aliphatic rings. The van der Waals surface area contributed by atoms with E-state index in [0.717, 1.165) is 16.9 Å². The molecular weight excluding hydrogens is 505 g/mol. The van der Waals surface area contributed by atoms with E-state index in [2.05, 4.69) is 17.1 Å². The Labute approximate surface area is 216 Å². The minimum Gasteiger partial charge on any atom is -0.491 e. The van der Waals surface area contributed by atoms with E-state index < -0.39 is 16.7 Å². The SMILES string of the molecule is Fc1ccc([C@]2(Cn3ccnc3)OC[C@H](COc3ccc(-c4ccccc4)cc3)O2)c(Cl)c1.O=[N+]([O-])O. The van der Waals surface area contributed by atoms with Crippen LogP contribution >= 0.6 is 11.6 Å². The van der Waals surface area contributed by atoms with Crippen LogP contribution in [-0.4, -0.2) is 39.2 Å². The van der Waals surface area contributed by atoms with Crippen molar-refractivity contribution in [3.05, 3.63) is 118 Å². The maximum atomic E-state index is 13.7. The minimum atomic E-state index is -1.50. The van der Waals surface area contributed by atoms with E-state index >= 15 is 0 Å². The van der Waals surface area contributed by atoms with Crippen molar-refractivity contribution < 1.29 is 28.9 Å². The number of aromatic nitrogens is 2. The smallest absolute Gasteiger partial charge is 0.291 e. The van der Waals surface area contributed by atoms with Gasteiger partial charge in [0.1, 0.15) is 24.3 Å². The summed E-state index contributed by atoms with van der Waals surface area (Å²) in [7, 11) is 0. The van der Waals surface area contributed by atoms with Crippen LogP contribution in [0.2, 0.25) is 5.02 Å². The summed E-state index contributed by atoms with van der Waals surface area (Å²) in [5, 5.41) is 13.9. The maximum Gasteiger partial charge on any atom is 0.291 e. The predicted octanol–water partition coefficient (Wildman–Crippen LogP) is 5.34. The van der Waals surface area contributed by atoms with Crippen LogP contribution in [0.25, 0.3) is 11.1 Å².